The summed E-state index contributed by atoms with van der Waals surface area (Å²) < 4.78 is 2.62. The molecule has 0 bridgehead atoms. The van der Waals surface area contributed by atoms with E-state index < -0.39 is 0 Å². The molecular weight excluding hydrogens is 538 g/mol. The van der Waals surface area contributed by atoms with Crippen molar-refractivity contribution in [1.82, 2.24) is 19.8 Å². The van der Waals surface area contributed by atoms with Crippen molar-refractivity contribution in [1.29, 1.82) is 0 Å². The van der Waals surface area contributed by atoms with Gasteiger partial charge in [-0.25, -0.2) is 4.98 Å². The minimum atomic E-state index is 0.371. The smallest absolute Gasteiger partial charge is 0.115 e. The molecule has 2 unspecified atom stereocenters. The van der Waals surface area contributed by atoms with E-state index in [0.717, 1.165) is 68.6 Å². The molecule has 3 aliphatic rings. The minimum absolute atomic E-state index is 0.371. The standard InChI is InChI=1S/C39H51N5/c1-6-7-8-9-10-11-16-28(3)41-38-33-18-13-12-17-31(33)24-34(38)30(5)43-26-32(23-29(43)4)39-42-35-19-14-15-20-37(35)44(39)36-21-22-40-25-27(36)2/h6,12-15,17-20,27,29,32,36,40H,1,5,7-11,16,21-26H2,2-4H3/t27-,29+,32?,36?/m0/s1. The second-order valence-electron chi connectivity index (χ2n) is 13.5. The Bertz CT molecular complexity index is 1560. The van der Waals surface area contributed by atoms with Gasteiger partial charge in [-0.3, -0.25) is 4.99 Å². The molecule has 232 valence electrons. The normalized spacial score (nSPS) is 23.9. The van der Waals surface area contributed by atoms with Crippen LogP contribution < -0.4 is 5.32 Å². The Kier molecular flexibility index (Phi) is 9.51. The number of piperidine rings is 1. The third kappa shape index (κ3) is 6.21. The van der Waals surface area contributed by atoms with E-state index in [-0.39, 0.29) is 0 Å². The van der Waals surface area contributed by atoms with Crippen molar-refractivity contribution in [2.24, 2.45) is 10.9 Å². The van der Waals surface area contributed by atoms with Gasteiger partial charge in [0.2, 0.25) is 0 Å². The average Bonchev–Trinajstić information content (AvgIpc) is 3.72. The number of likely N-dealkylation sites (tertiary alicyclic amines) is 1. The maximum atomic E-state index is 5.32. The van der Waals surface area contributed by atoms with Crippen LogP contribution in [-0.4, -0.2) is 45.8 Å². The molecule has 2 fully saturated rings. The number of imidazole rings is 1. The number of fused-ring (bicyclic) bond motifs is 2. The highest BCUT2D eigenvalue weighted by molar-refractivity contribution is 5.91. The molecule has 1 N–H and O–H groups in total. The molecule has 0 amide bonds. The van der Waals surface area contributed by atoms with Crippen molar-refractivity contribution in [2.75, 3.05) is 19.6 Å². The van der Waals surface area contributed by atoms with Crippen molar-refractivity contribution >= 4 is 22.4 Å². The molecule has 6 rings (SSSR count). The molecule has 44 heavy (non-hydrogen) atoms. The molecule has 3 heterocycles. The molecule has 4 atom stereocenters. The van der Waals surface area contributed by atoms with Gasteiger partial charge in [0.25, 0.3) is 0 Å². The monoisotopic (exact) mass is 589 g/mol. The molecule has 5 heteroatoms. The summed E-state index contributed by atoms with van der Waals surface area (Å²) in [6.45, 7) is 18.7. The van der Waals surface area contributed by atoms with Crippen molar-refractivity contribution in [2.45, 2.75) is 96.6 Å². The Morgan fingerprint density at radius 2 is 1.86 bits per heavy atom. The number of unbranched alkanes of at least 4 members (excludes halogenated alkanes) is 4. The van der Waals surface area contributed by atoms with Gasteiger partial charge in [-0.05, 0) is 89.1 Å². The highest BCUT2D eigenvalue weighted by atomic mass is 15.2. The van der Waals surface area contributed by atoms with Gasteiger partial charge in [0.1, 0.15) is 5.82 Å². The number of aromatic nitrogens is 2. The number of aliphatic imine (C=N–C) groups is 1. The van der Waals surface area contributed by atoms with Crippen molar-refractivity contribution in [3.63, 3.8) is 0 Å². The van der Waals surface area contributed by atoms with Crippen LogP contribution in [0.5, 0.6) is 0 Å². The third-order valence-corrected chi connectivity index (χ3v) is 10.3. The number of para-hydroxylation sites is 2. The maximum absolute atomic E-state index is 5.32. The van der Waals surface area contributed by atoms with E-state index in [9.17, 15) is 0 Å². The Labute approximate surface area is 264 Å². The first-order valence-electron chi connectivity index (χ1n) is 17.1. The van der Waals surface area contributed by atoms with E-state index in [4.69, 9.17) is 16.6 Å². The molecular formula is C39H51N5. The summed E-state index contributed by atoms with van der Waals surface area (Å²) in [7, 11) is 0. The summed E-state index contributed by atoms with van der Waals surface area (Å²) >= 11 is 0. The van der Waals surface area contributed by atoms with Crippen molar-refractivity contribution < 1.29 is 0 Å². The van der Waals surface area contributed by atoms with Crippen molar-refractivity contribution in [3.8, 4) is 0 Å². The number of benzene rings is 2. The lowest BCUT2D eigenvalue weighted by Gasteiger charge is -2.33. The number of nitrogens with zero attached hydrogens (tertiary/aromatic N) is 4. The molecule has 3 aromatic rings. The van der Waals surface area contributed by atoms with Crippen molar-refractivity contribution in [3.05, 3.63) is 96.0 Å². The molecule has 0 radical (unpaired) electrons. The van der Waals surface area contributed by atoms with E-state index in [1.165, 1.54) is 59.4 Å². The van der Waals surface area contributed by atoms with E-state index in [1.54, 1.807) is 0 Å². The predicted octanol–water partition coefficient (Wildman–Crippen LogP) is 8.85. The highest BCUT2D eigenvalue weighted by Gasteiger charge is 2.38. The van der Waals surface area contributed by atoms with Gasteiger partial charge in [-0.2, -0.15) is 0 Å². The first kappa shape index (κ1) is 30.6. The Morgan fingerprint density at radius 3 is 2.70 bits per heavy atom. The molecule has 2 aliphatic heterocycles. The van der Waals surface area contributed by atoms with Gasteiger partial charge in [-0.1, -0.05) is 68.8 Å². The summed E-state index contributed by atoms with van der Waals surface area (Å²) in [5.41, 5.74) is 9.86. The Morgan fingerprint density at radius 1 is 1.07 bits per heavy atom. The van der Waals surface area contributed by atoms with E-state index >= 15 is 0 Å². The number of nitrogens with one attached hydrogen (secondary N) is 1. The first-order valence-corrected chi connectivity index (χ1v) is 17.1. The van der Waals surface area contributed by atoms with Crippen LogP contribution in [0.1, 0.15) is 101 Å². The predicted molar refractivity (Wildman–Crippen MR) is 186 cm³/mol. The lowest BCUT2D eigenvalue weighted by molar-refractivity contribution is 0.270. The summed E-state index contributed by atoms with van der Waals surface area (Å²) in [4.78, 5) is 13.2. The van der Waals surface area contributed by atoms with Crippen LogP contribution in [0.15, 0.2) is 84.0 Å². The van der Waals surface area contributed by atoms with Crippen LogP contribution in [0.2, 0.25) is 0 Å². The SMILES string of the molecule is C=CCCCCCCC(C)=NC1=C(C(=C)N2CC(c3nc4ccccc4n3C3CCNC[C@@H]3C)C[C@H]2C)Cc2ccccc21. The molecule has 0 spiro atoms. The van der Waals surface area contributed by atoms with Gasteiger partial charge >= 0.3 is 0 Å². The van der Waals surface area contributed by atoms with Gasteiger partial charge < -0.3 is 14.8 Å². The quantitative estimate of drug-likeness (QED) is 0.130. The second-order valence-corrected chi connectivity index (χ2v) is 13.5. The largest absolute Gasteiger partial charge is 0.368 e. The molecule has 1 aromatic heterocycles. The van der Waals surface area contributed by atoms with Crippen LogP contribution in [0.25, 0.3) is 16.7 Å². The van der Waals surface area contributed by atoms with E-state index in [1.807, 2.05) is 6.08 Å². The number of rotatable bonds is 12. The van der Waals surface area contributed by atoms with Crippen LogP contribution in [0, 0.1) is 5.92 Å². The van der Waals surface area contributed by atoms with Crippen LogP contribution in [0.4, 0.5) is 0 Å². The molecule has 0 saturated carbocycles. The zero-order chi connectivity index (χ0) is 30.6. The molecule has 2 aromatic carbocycles. The van der Waals surface area contributed by atoms with E-state index in [2.05, 4.69) is 90.7 Å². The molecule has 5 nitrogen and oxygen atoms in total. The number of hydrogen-bond donors (Lipinski definition) is 1. The van der Waals surface area contributed by atoms with E-state index in [0.29, 0.717) is 23.9 Å². The Hall–Kier alpha value is -3.44. The topological polar surface area (TPSA) is 45.5 Å². The first-order chi connectivity index (χ1) is 21.5. The molecule has 2 saturated heterocycles. The zero-order valence-corrected chi connectivity index (χ0v) is 27.2. The second kappa shape index (κ2) is 13.7. The fourth-order valence-corrected chi connectivity index (χ4v) is 7.83. The lowest BCUT2D eigenvalue weighted by atomic mass is 9.94. The molecule has 1 aliphatic carbocycles. The summed E-state index contributed by atoms with van der Waals surface area (Å²) in [5, 5.41) is 3.60. The van der Waals surface area contributed by atoms with Gasteiger partial charge in [0.05, 0.1) is 16.7 Å². The average molecular weight is 590 g/mol. The summed E-state index contributed by atoms with van der Waals surface area (Å²) in [5.74, 6) is 2.20. The fraction of sp³-hybridized carbons (Fsp3) is 0.487. The van der Waals surface area contributed by atoms with Gasteiger partial charge in [-0.15, -0.1) is 6.58 Å². The summed E-state index contributed by atoms with van der Waals surface area (Å²) in [6.07, 6.45) is 12.3. The number of hydrogen-bond acceptors (Lipinski definition) is 4. The third-order valence-electron chi connectivity index (χ3n) is 10.3. The fourth-order valence-electron chi connectivity index (χ4n) is 7.83. The lowest BCUT2D eigenvalue weighted by Crippen LogP contribution is -2.37. The van der Waals surface area contributed by atoms with Gasteiger partial charge in [0.15, 0.2) is 0 Å². The van der Waals surface area contributed by atoms with Crippen LogP contribution in [-0.2, 0) is 6.42 Å². The van der Waals surface area contributed by atoms with Crippen LogP contribution in [0.3, 0.4) is 0 Å². The minimum Gasteiger partial charge on any atom is -0.368 e. The zero-order valence-electron chi connectivity index (χ0n) is 27.2. The number of allylic oxidation sites excluding steroid dienone is 2. The Balaban J connectivity index is 1.26. The van der Waals surface area contributed by atoms with Gasteiger partial charge in [0, 0.05) is 53.5 Å². The van der Waals surface area contributed by atoms with Crippen LogP contribution >= 0.6 is 0 Å². The summed E-state index contributed by atoms with van der Waals surface area (Å²) in [6, 6.07) is 18.4. The highest BCUT2D eigenvalue weighted by Crippen LogP contribution is 2.43. The maximum Gasteiger partial charge on any atom is 0.115 e.